The number of rotatable bonds is 3. The van der Waals surface area contributed by atoms with Crippen LogP contribution in [0.5, 0.6) is 0 Å². The lowest BCUT2D eigenvalue weighted by atomic mass is 9.93. The largest absolute Gasteiger partial charge is 0.319 e. The van der Waals surface area contributed by atoms with Gasteiger partial charge in [0.05, 0.1) is 0 Å². The van der Waals surface area contributed by atoms with Crippen molar-refractivity contribution in [2.45, 2.75) is 12.5 Å². The lowest BCUT2D eigenvalue weighted by molar-refractivity contribution is 0.274. The number of nitrogens with zero attached hydrogens (tertiary/aromatic N) is 1. The van der Waals surface area contributed by atoms with Gasteiger partial charge in [-0.2, -0.15) is 0 Å². The highest BCUT2D eigenvalue weighted by Crippen LogP contribution is 2.42. The number of hydrogen-bond donors (Lipinski definition) is 1. The third kappa shape index (κ3) is 2.60. The molecule has 0 amide bonds. The van der Waals surface area contributed by atoms with Crippen molar-refractivity contribution in [3.05, 3.63) is 33.8 Å². The van der Waals surface area contributed by atoms with E-state index in [-0.39, 0.29) is 0 Å². The molecule has 1 aliphatic heterocycles. The molecule has 1 aliphatic rings. The van der Waals surface area contributed by atoms with Gasteiger partial charge in [0.1, 0.15) is 0 Å². The summed E-state index contributed by atoms with van der Waals surface area (Å²) >= 11 is 12.6. The quantitative estimate of drug-likeness (QED) is 0.909. The van der Waals surface area contributed by atoms with E-state index < -0.39 is 0 Å². The summed E-state index contributed by atoms with van der Waals surface area (Å²) < 4.78 is 0. The number of halogens is 2. The van der Waals surface area contributed by atoms with E-state index >= 15 is 0 Å². The van der Waals surface area contributed by atoms with Gasteiger partial charge in [-0.1, -0.05) is 29.3 Å². The Morgan fingerprint density at radius 3 is 2.59 bits per heavy atom. The molecule has 2 rings (SSSR count). The zero-order valence-corrected chi connectivity index (χ0v) is 11.7. The fourth-order valence-electron chi connectivity index (χ4n) is 2.75. The summed E-state index contributed by atoms with van der Waals surface area (Å²) in [6.07, 6.45) is 1.18. The molecule has 1 N–H and O–H groups in total. The maximum atomic E-state index is 6.31. The Morgan fingerprint density at radius 2 is 2.00 bits per heavy atom. The van der Waals surface area contributed by atoms with Gasteiger partial charge in [0.15, 0.2) is 0 Å². The first kappa shape index (κ1) is 13.2. The number of likely N-dealkylation sites (tertiary alicyclic amines) is 1. The monoisotopic (exact) mass is 272 g/mol. The van der Waals surface area contributed by atoms with Crippen LogP contribution < -0.4 is 5.32 Å². The molecule has 0 aliphatic carbocycles. The first-order valence-electron chi connectivity index (χ1n) is 5.94. The summed E-state index contributed by atoms with van der Waals surface area (Å²) in [5.41, 5.74) is 1.08. The van der Waals surface area contributed by atoms with Gasteiger partial charge < -0.3 is 5.32 Å². The van der Waals surface area contributed by atoms with Crippen molar-refractivity contribution in [2.75, 3.05) is 27.2 Å². The van der Waals surface area contributed by atoms with Crippen molar-refractivity contribution < 1.29 is 0 Å². The molecule has 2 atom stereocenters. The maximum Gasteiger partial charge on any atom is 0.0468 e. The van der Waals surface area contributed by atoms with Crippen LogP contribution in [0.2, 0.25) is 10.0 Å². The van der Waals surface area contributed by atoms with E-state index in [1.54, 1.807) is 0 Å². The van der Waals surface area contributed by atoms with E-state index in [9.17, 15) is 0 Å². The van der Waals surface area contributed by atoms with Gasteiger partial charge in [0.2, 0.25) is 0 Å². The molecule has 1 fully saturated rings. The molecule has 0 spiro atoms. The molecule has 1 heterocycles. The predicted molar refractivity (Wildman–Crippen MR) is 73.9 cm³/mol. The summed E-state index contributed by atoms with van der Waals surface area (Å²) in [5, 5.41) is 4.81. The number of nitrogens with one attached hydrogen (secondary N) is 1. The van der Waals surface area contributed by atoms with Gasteiger partial charge >= 0.3 is 0 Å². The van der Waals surface area contributed by atoms with Crippen molar-refractivity contribution in [1.82, 2.24) is 10.2 Å². The van der Waals surface area contributed by atoms with Gasteiger partial charge in [-0.15, -0.1) is 0 Å². The Balaban J connectivity index is 2.36. The van der Waals surface area contributed by atoms with Crippen molar-refractivity contribution in [3.8, 4) is 0 Å². The zero-order chi connectivity index (χ0) is 12.4. The molecule has 2 nitrogen and oxygen atoms in total. The van der Waals surface area contributed by atoms with Crippen LogP contribution in [0.25, 0.3) is 0 Å². The topological polar surface area (TPSA) is 15.3 Å². The predicted octanol–water partition coefficient (Wildman–Crippen LogP) is 3.21. The van der Waals surface area contributed by atoms with Gasteiger partial charge in [-0.25, -0.2) is 0 Å². The van der Waals surface area contributed by atoms with Crippen LogP contribution in [-0.4, -0.2) is 32.1 Å². The fourth-order valence-corrected chi connectivity index (χ4v) is 3.37. The Kier molecular flexibility index (Phi) is 4.31. The van der Waals surface area contributed by atoms with Gasteiger partial charge in [-0.3, -0.25) is 4.90 Å². The third-order valence-electron chi connectivity index (χ3n) is 3.54. The normalized spacial score (nSPS) is 25.4. The van der Waals surface area contributed by atoms with Crippen LogP contribution in [0.15, 0.2) is 18.2 Å². The SMILES string of the molecule is CNCC1CCN(C)C1c1c(Cl)cccc1Cl. The molecule has 0 saturated carbocycles. The summed E-state index contributed by atoms with van der Waals surface area (Å²) in [7, 11) is 4.13. The van der Waals surface area contributed by atoms with E-state index in [4.69, 9.17) is 23.2 Å². The average molecular weight is 273 g/mol. The minimum absolute atomic E-state index is 0.323. The summed E-state index contributed by atoms with van der Waals surface area (Å²) in [5.74, 6) is 0.572. The number of hydrogen-bond acceptors (Lipinski definition) is 2. The summed E-state index contributed by atoms with van der Waals surface area (Å²) in [6, 6.07) is 6.07. The smallest absolute Gasteiger partial charge is 0.0468 e. The van der Waals surface area contributed by atoms with Crippen molar-refractivity contribution in [1.29, 1.82) is 0 Å². The Hall–Kier alpha value is -0.280. The maximum absolute atomic E-state index is 6.31. The van der Waals surface area contributed by atoms with Crippen LogP contribution >= 0.6 is 23.2 Å². The Bertz CT molecular complexity index is 373. The lowest BCUT2D eigenvalue weighted by Crippen LogP contribution is -2.27. The minimum Gasteiger partial charge on any atom is -0.319 e. The second-order valence-electron chi connectivity index (χ2n) is 4.67. The van der Waals surface area contributed by atoms with Crippen LogP contribution in [0.4, 0.5) is 0 Å². The highest BCUT2D eigenvalue weighted by atomic mass is 35.5. The molecule has 1 aromatic rings. The molecule has 0 aromatic heterocycles. The fraction of sp³-hybridized carbons (Fsp3) is 0.538. The van der Waals surface area contributed by atoms with E-state index in [0.29, 0.717) is 12.0 Å². The summed E-state index contributed by atoms with van der Waals surface area (Å²) in [6.45, 7) is 2.09. The van der Waals surface area contributed by atoms with Crippen LogP contribution in [0.1, 0.15) is 18.0 Å². The van der Waals surface area contributed by atoms with Crippen LogP contribution in [0, 0.1) is 5.92 Å². The molecule has 2 unspecified atom stereocenters. The van der Waals surface area contributed by atoms with Crippen LogP contribution in [-0.2, 0) is 0 Å². The first-order valence-corrected chi connectivity index (χ1v) is 6.69. The molecule has 0 radical (unpaired) electrons. The molecule has 0 bridgehead atoms. The van der Waals surface area contributed by atoms with Crippen LogP contribution in [0.3, 0.4) is 0 Å². The number of benzene rings is 1. The third-order valence-corrected chi connectivity index (χ3v) is 4.19. The van der Waals surface area contributed by atoms with E-state index in [1.165, 1.54) is 6.42 Å². The van der Waals surface area contributed by atoms with Crippen molar-refractivity contribution >= 4 is 23.2 Å². The molecule has 4 heteroatoms. The highest BCUT2D eigenvalue weighted by molar-refractivity contribution is 6.36. The first-order chi connectivity index (χ1) is 8.15. The minimum atomic E-state index is 0.323. The van der Waals surface area contributed by atoms with E-state index in [2.05, 4.69) is 17.3 Å². The molecular formula is C13H18Cl2N2. The second-order valence-corrected chi connectivity index (χ2v) is 5.48. The lowest BCUT2D eigenvalue weighted by Gasteiger charge is -2.27. The van der Waals surface area contributed by atoms with Gasteiger partial charge in [0, 0.05) is 21.7 Å². The molecular weight excluding hydrogens is 255 g/mol. The van der Waals surface area contributed by atoms with E-state index in [0.717, 1.165) is 28.7 Å². The van der Waals surface area contributed by atoms with Gasteiger partial charge in [0.25, 0.3) is 0 Å². The average Bonchev–Trinajstić information content (AvgIpc) is 2.62. The zero-order valence-electron chi connectivity index (χ0n) is 10.2. The molecule has 94 valence electrons. The summed E-state index contributed by atoms with van der Waals surface area (Å²) in [4.78, 5) is 2.34. The van der Waals surface area contributed by atoms with Gasteiger partial charge in [-0.05, 0) is 51.7 Å². The molecule has 1 aromatic carbocycles. The Labute approximate surface area is 113 Å². The molecule has 17 heavy (non-hydrogen) atoms. The standard InChI is InChI=1S/C13H18Cl2N2/c1-16-8-9-6-7-17(2)13(9)12-10(14)4-3-5-11(12)15/h3-5,9,13,16H,6-8H2,1-2H3. The molecule has 1 saturated heterocycles. The second kappa shape index (κ2) is 5.57. The Morgan fingerprint density at radius 1 is 1.35 bits per heavy atom. The van der Waals surface area contributed by atoms with Crippen molar-refractivity contribution in [2.24, 2.45) is 5.92 Å². The van der Waals surface area contributed by atoms with Crippen molar-refractivity contribution in [3.63, 3.8) is 0 Å². The van der Waals surface area contributed by atoms with E-state index in [1.807, 2.05) is 25.2 Å². The highest BCUT2D eigenvalue weighted by Gasteiger charge is 2.34.